The van der Waals surface area contributed by atoms with E-state index in [1.54, 1.807) is 27.7 Å². The summed E-state index contributed by atoms with van der Waals surface area (Å²) < 4.78 is 10.8. The highest BCUT2D eigenvalue weighted by Gasteiger charge is 2.37. The number of carbonyl (C=O) groups excluding carboxylic acids is 2. The van der Waals surface area contributed by atoms with E-state index in [2.05, 4.69) is 5.43 Å². The molecule has 2 N–H and O–H groups in total. The Labute approximate surface area is 207 Å². The Bertz CT molecular complexity index is 1020. The van der Waals surface area contributed by atoms with Crippen LogP contribution < -0.4 is 5.43 Å². The Morgan fingerprint density at radius 2 is 1.63 bits per heavy atom. The van der Waals surface area contributed by atoms with Crippen LogP contribution in [0.4, 0.5) is 4.79 Å². The molecule has 0 radical (unpaired) electrons. The van der Waals surface area contributed by atoms with Crippen molar-refractivity contribution in [2.24, 2.45) is 0 Å². The summed E-state index contributed by atoms with van der Waals surface area (Å²) in [5.41, 5.74) is 5.60. The molecule has 0 aliphatic heterocycles. The van der Waals surface area contributed by atoms with Crippen molar-refractivity contribution in [3.05, 3.63) is 70.8 Å². The summed E-state index contributed by atoms with van der Waals surface area (Å²) in [7, 11) is 0. The quantitative estimate of drug-likeness (QED) is 0.384. The lowest BCUT2D eigenvalue weighted by Gasteiger charge is -2.34. The van der Waals surface area contributed by atoms with E-state index in [0.717, 1.165) is 27.3 Å². The zero-order valence-electron chi connectivity index (χ0n) is 21.3. The smallest absolute Gasteiger partial charge is 0.425 e. The largest absolute Gasteiger partial charge is 0.480 e. The second-order valence-corrected chi connectivity index (χ2v) is 9.45. The summed E-state index contributed by atoms with van der Waals surface area (Å²) in [4.78, 5) is 38.5. The van der Waals surface area contributed by atoms with Gasteiger partial charge in [0.05, 0.1) is 6.61 Å². The third-order valence-electron chi connectivity index (χ3n) is 5.34. The molecule has 0 saturated carbocycles. The summed E-state index contributed by atoms with van der Waals surface area (Å²) >= 11 is 0. The first-order valence-corrected chi connectivity index (χ1v) is 11.7. The van der Waals surface area contributed by atoms with Gasteiger partial charge in [0.15, 0.2) is 6.04 Å². The van der Waals surface area contributed by atoms with Gasteiger partial charge in [0.1, 0.15) is 11.6 Å². The van der Waals surface area contributed by atoms with E-state index in [1.807, 2.05) is 62.4 Å². The number of hydrogen-bond acceptors (Lipinski definition) is 6. The standard InChI is InChI=1S/C27H36N2O6/c1-7-34-25(32)23(17-20-11-9-8-10-12-20)29(26(33)35-27(4,5)6)28-22(24(30)31)16-21-14-13-18(2)19(3)15-21/h8-15,22-23,28H,7,16-17H2,1-6H3,(H,30,31)/t22-,23-/m0/s1. The number of hydrazine groups is 1. The molecule has 2 atom stereocenters. The molecular weight excluding hydrogens is 448 g/mol. The first kappa shape index (κ1) is 27.9. The Balaban J connectivity index is 2.44. The van der Waals surface area contributed by atoms with Gasteiger partial charge >= 0.3 is 18.0 Å². The molecule has 0 saturated heterocycles. The van der Waals surface area contributed by atoms with Gasteiger partial charge in [-0.05, 0) is 63.8 Å². The molecule has 0 bridgehead atoms. The highest BCUT2D eigenvalue weighted by atomic mass is 16.6. The van der Waals surface area contributed by atoms with Crippen molar-refractivity contribution in [1.29, 1.82) is 0 Å². The van der Waals surface area contributed by atoms with Crippen LogP contribution in [0.2, 0.25) is 0 Å². The maximum absolute atomic E-state index is 13.2. The van der Waals surface area contributed by atoms with Crippen molar-refractivity contribution in [2.75, 3.05) is 6.61 Å². The fraction of sp³-hybridized carbons (Fsp3) is 0.444. The lowest BCUT2D eigenvalue weighted by atomic mass is 10.0. The Morgan fingerprint density at radius 3 is 2.17 bits per heavy atom. The molecule has 0 heterocycles. The molecule has 2 aromatic carbocycles. The summed E-state index contributed by atoms with van der Waals surface area (Å²) in [6.07, 6.45) is -0.656. The number of carbonyl (C=O) groups is 3. The van der Waals surface area contributed by atoms with E-state index in [0.29, 0.717) is 0 Å². The third kappa shape index (κ3) is 8.72. The van der Waals surface area contributed by atoms with Crippen LogP contribution in [0.25, 0.3) is 0 Å². The second kappa shape index (κ2) is 12.4. The lowest BCUT2D eigenvalue weighted by Crippen LogP contribution is -2.60. The van der Waals surface area contributed by atoms with Gasteiger partial charge in [0, 0.05) is 12.8 Å². The molecule has 0 aromatic heterocycles. The third-order valence-corrected chi connectivity index (χ3v) is 5.34. The van der Waals surface area contributed by atoms with Crippen LogP contribution in [0.5, 0.6) is 0 Å². The minimum atomic E-state index is -1.20. The summed E-state index contributed by atoms with van der Waals surface area (Å²) in [6, 6.07) is 12.5. The molecule has 35 heavy (non-hydrogen) atoms. The van der Waals surface area contributed by atoms with Crippen LogP contribution in [0.1, 0.15) is 49.9 Å². The van der Waals surface area contributed by atoms with Crippen LogP contribution in [-0.2, 0) is 31.9 Å². The molecule has 0 fully saturated rings. The number of rotatable bonds is 10. The molecule has 8 nitrogen and oxygen atoms in total. The molecule has 8 heteroatoms. The Hall–Kier alpha value is -3.39. The molecular formula is C27H36N2O6. The van der Waals surface area contributed by atoms with Crippen LogP contribution >= 0.6 is 0 Å². The minimum Gasteiger partial charge on any atom is -0.480 e. The van der Waals surface area contributed by atoms with Crippen molar-refractivity contribution >= 4 is 18.0 Å². The zero-order valence-corrected chi connectivity index (χ0v) is 21.3. The van der Waals surface area contributed by atoms with Gasteiger partial charge < -0.3 is 14.6 Å². The fourth-order valence-electron chi connectivity index (χ4n) is 3.46. The van der Waals surface area contributed by atoms with E-state index in [4.69, 9.17) is 9.47 Å². The normalized spacial score (nSPS) is 13.0. The molecule has 2 rings (SSSR count). The molecule has 2 aromatic rings. The number of hydrogen-bond donors (Lipinski definition) is 2. The number of aryl methyl sites for hydroxylation is 2. The van der Waals surface area contributed by atoms with Gasteiger partial charge in [0.25, 0.3) is 0 Å². The number of ether oxygens (including phenoxy) is 2. The van der Waals surface area contributed by atoms with Crippen LogP contribution in [0, 0.1) is 13.8 Å². The first-order valence-electron chi connectivity index (χ1n) is 11.7. The van der Waals surface area contributed by atoms with Gasteiger partial charge in [-0.2, -0.15) is 0 Å². The predicted octanol–water partition coefficient (Wildman–Crippen LogP) is 4.22. The number of nitrogens with one attached hydrogen (secondary N) is 1. The molecule has 0 aliphatic rings. The Morgan fingerprint density at radius 1 is 0.971 bits per heavy atom. The van der Waals surface area contributed by atoms with Crippen molar-refractivity contribution in [1.82, 2.24) is 10.4 Å². The van der Waals surface area contributed by atoms with E-state index < -0.39 is 35.7 Å². The van der Waals surface area contributed by atoms with Crippen molar-refractivity contribution in [3.63, 3.8) is 0 Å². The maximum atomic E-state index is 13.2. The average Bonchev–Trinajstić information content (AvgIpc) is 2.77. The minimum absolute atomic E-state index is 0.0939. The van der Waals surface area contributed by atoms with Crippen molar-refractivity contribution in [2.45, 2.75) is 72.1 Å². The highest BCUT2D eigenvalue weighted by molar-refractivity contribution is 5.82. The average molecular weight is 485 g/mol. The van der Waals surface area contributed by atoms with Crippen LogP contribution in [0.3, 0.4) is 0 Å². The number of aliphatic carboxylic acids is 1. The topological polar surface area (TPSA) is 105 Å². The monoisotopic (exact) mass is 484 g/mol. The molecule has 0 aliphatic carbocycles. The second-order valence-electron chi connectivity index (χ2n) is 9.45. The molecule has 0 unspecified atom stereocenters. The number of benzene rings is 2. The predicted molar refractivity (Wildman–Crippen MR) is 133 cm³/mol. The SMILES string of the molecule is CCOC(=O)[C@H](Cc1ccccc1)N(N[C@@H](Cc1ccc(C)c(C)c1)C(=O)O)C(=O)OC(C)(C)C. The van der Waals surface area contributed by atoms with Crippen molar-refractivity contribution in [3.8, 4) is 0 Å². The summed E-state index contributed by atoms with van der Waals surface area (Å²) in [5, 5.41) is 10.9. The fourth-order valence-corrected chi connectivity index (χ4v) is 3.46. The number of carboxylic acids is 1. The van der Waals surface area contributed by atoms with Gasteiger partial charge in [0.2, 0.25) is 0 Å². The lowest BCUT2D eigenvalue weighted by molar-refractivity contribution is -0.153. The number of carboxylic acid groups (broad SMARTS) is 1. The van der Waals surface area contributed by atoms with Crippen LogP contribution in [-0.4, -0.2) is 52.4 Å². The van der Waals surface area contributed by atoms with Crippen molar-refractivity contribution < 1.29 is 29.0 Å². The molecule has 190 valence electrons. The molecule has 0 spiro atoms. The maximum Gasteiger partial charge on any atom is 0.425 e. The van der Waals surface area contributed by atoms with Gasteiger partial charge in [-0.3, -0.25) is 4.79 Å². The number of esters is 1. The van der Waals surface area contributed by atoms with E-state index in [9.17, 15) is 19.5 Å². The van der Waals surface area contributed by atoms with Gasteiger partial charge in [-0.1, -0.05) is 48.5 Å². The summed E-state index contributed by atoms with van der Waals surface area (Å²) in [6.45, 7) is 10.8. The van der Waals surface area contributed by atoms with Crippen LogP contribution in [0.15, 0.2) is 48.5 Å². The molecule has 1 amide bonds. The zero-order chi connectivity index (χ0) is 26.2. The number of amides is 1. The van der Waals surface area contributed by atoms with Gasteiger partial charge in [-0.15, -0.1) is 0 Å². The van der Waals surface area contributed by atoms with E-state index >= 15 is 0 Å². The highest BCUT2D eigenvalue weighted by Crippen LogP contribution is 2.17. The summed E-state index contributed by atoms with van der Waals surface area (Å²) in [5.74, 6) is -1.83. The van der Waals surface area contributed by atoms with E-state index in [-0.39, 0.29) is 19.4 Å². The Kier molecular flexibility index (Phi) is 9.83. The van der Waals surface area contributed by atoms with Gasteiger partial charge in [-0.25, -0.2) is 20.0 Å². The number of nitrogens with zero attached hydrogens (tertiary/aromatic N) is 1. The first-order chi connectivity index (χ1) is 16.4. The van der Waals surface area contributed by atoms with E-state index in [1.165, 1.54) is 0 Å².